The van der Waals surface area contributed by atoms with Crippen LogP contribution < -0.4 is 10.2 Å². The van der Waals surface area contributed by atoms with Gasteiger partial charge in [0.05, 0.1) is 6.42 Å². The molecule has 9 nitrogen and oxygen atoms in total. The molecule has 1 aliphatic rings. The second-order valence-corrected chi connectivity index (χ2v) is 10.9. The summed E-state index contributed by atoms with van der Waals surface area (Å²) in [4.78, 5) is 59.4. The number of rotatable bonds is 10. The van der Waals surface area contributed by atoms with Gasteiger partial charge >= 0.3 is 5.97 Å². The molecule has 0 spiro atoms. The van der Waals surface area contributed by atoms with Crippen LogP contribution >= 0.6 is 0 Å². The molecule has 0 fully saturated rings. The molecule has 0 bridgehead atoms. The van der Waals surface area contributed by atoms with Crippen LogP contribution in [0.2, 0.25) is 0 Å². The zero-order valence-electron chi connectivity index (χ0n) is 23.0. The number of hydrogen-bond donors (Lipinski definition) is 2. The van der Waals surface area contributed by atoms with Crippen LogP contribution in [0.5, 0.6) is 0 Å². The number of nitrogens with zero attached hydrogens (tertiary/aromatic N) is 3. The number of pyridine rings is 1. The maximum atomic E-state index is 14.3. The van der Waals surface area contributed by atoms with E-state index in [2.05, 4.69) is 10.3 Å². The summed E-state index contributed by atoms with van der Waals surface area (Å²) in [7, 11) is 0. The van der Waals surface area contributed by atoms with Gasteiger partial charge in [-0.1, -0.05) is 50.2 Å². The van der Waals surface area contributed by atoms with E-state index in [9.17, 15) is 28.7 Å². The van der Waals surface area contributed by atoms with E-state index >= 15 is 0 Å². The van der Waals surface area contributed by atoms with Gasteiger partial charge in [0.25, 0.3) is 5.91 Å². The molecular formula is C31H33FN4O5. The summed E-state index contributed by atoms with van der Waals surface area (Å²) in [5, 5.41) is 11.9. The van der Waals surface area contributed by atoms with E-state index in [0.29, 0.717) is 28.8 Å². The van der Waals surface area contributed by atoms with Crippen LogP contribution in [-0.2, 0) is 27.5 Å². The first-order chi connectivity index (χ1) is 19.6. The summed E-state index contributed by atoms with van der Waals surface area (Å²) in [6.07, 6.45) is 2.87. The summed E-state index contributed by atoms with van der Waals surface area (Å²) >= 11 is 0. The molecule has 0 saturated heterocycles. The fourth-order valence-electron chi connectivity index (χ4n) is 4.90. The third-order valence-electron chi connectivity index (χ3n) is 7.15. The number of fused-ring (bicyclic) bond motifs is 1. The largest absolute Gasteiger partial charge is 0.481 e. The van der Waals surface area contributed by atoms with Gasteiger partial charge in [0, 0.05) is 55.3 Å². The van der Waals surface area contributed by atoms with E-state index in [1.54, 1.807) is 47.4 Å². The minimum absolute atomic E-state index is 0.0643. The number of aliphatic carboxylic acids is 1. The molecule has 1 aromatic heterocycles. The molecule has 41 heavy (non-hydrogen) atoms. The second kappa shape index (κ2) is 12.7. The first-order valence-corrected chi connectivity index (χ1v) is 13.4. The Balaban J connectivity index is 1.68. The lowest BCUT2D eigenvalue weighted by Crippen LogP contribution is -2.52. The molecule has 2 aromatic carbocycles. The van der Waals surface area contributed by atoms with Crippen molar-refractivity contribution >= 4 is 29.4 Å². The van der Waals surface area contributed by atoms with Crippen molar-refractivity contribution in [3.63, 3.8) is 0 Å². The van der Waals surface area contributed by atoms with Gasteiger partial charge in [-0.25, -0.2) is 4.39 Å². The predicted molar refractivity (Wildman–Crippen MR) is 150 cm³/mol. The molecule has 0 radical (unpaired) electrons. The zero-order valence-corrected chi connectivity index (χ0v) is 23.0. The van der Waals surface area contributed by atoms with Crippen molar-refractivity contribution in [2.45, 2.75) is 52.2 Å². The van der Waals surface area contributed by atoms with E-state index in [1.807, 2.05) is 26.0 Å². The van der Waals surface area contributed by atoms with Gasteiger partial charge < -0.3 is 20.2 Å². The number of carbonyl (C=O) groups is 4. The second-order valence-electron chi connectivity index (χ2n) is 10.9. The number of anilines is 1. The fourth-order valence-corrected chi connectivity index (χ4v) is 4.90. The van der Waals surface area contributed by atoms with E-state index in [-0.39, 0.29) is 32.5 Å². The van der Waals surface area contributed by atoms with Crippen molar-refractivity contribution in [1.82, 2.24) is 15.2 Å². The SMILES string of the molecule is CC(C)(CCC(=O)O)CN1C(=O)C(CC(=O)NCc2ccccc2F)N(C(=O)c2ccncc2)Cc2ccccc21. The van der Waals surface area contributed by atoms with E-state index in [1.165, 1.54) is 23.4 Å². The topological polar surface area (TPSA) is 120 Å². The summed E-state index contributed by atoms with van der Waals surface area (Å²) < 4.78 is 14.1. The monoisotopic (exact) mass is 560 g/mol. The van der Waals surface area contributed by atoms with Gasteiger partial charge in [0.2, 0.25) is 11.8 Å². The number of carboxylic acid groups (broad SMARTS) is 1. The average Bonchev–Trinajstić information content (AvgIpc) is 3.06. The predicted octanol–water partition coefficient (Wildman–Crippen LogP) is 4.18. The normalized spacial score (nSPS) is 15.2. The Hall–Kier alpha value is -4.60. The molecular weight excluding hydrogens is 527 g/mol. The van der Waals surface area contributed by atoms with Crippen molar-refractivity contribution in [2.24, 2.45) is 5.41 Å². The Morgan fingerprint density at radius 2 is 1.73 bits per heavy atom. The molecule has 214 valence electrons. The standard InChI is InChI=1S/C31H33FN4O5/c1-31(2,14-11-28(38)39)20-36-25-10-6-4-8-23(25)19-35(29(40)21-12-15-33-16-13-21)26(30(36)41)17-27(37)34-18-22-7-3-5-9-24(22)32/h3-10,12-13,15-16,26H,11,14,17-20H2,1-2H3,(H,34,37)(H,38,39). The number of halogens is 1. The zero-order chi connectivity index (χ0) is 29.6. The van der Waals surface area contributed by atoms with Crippen LogP contribution in [0.4, 0.5) is 10.1 Å². The van der Waals surface area contributed by atoms with Crippen molar-refractivity contribution in [2.75, 3.05) is 11.4 Å². The molecule has 0 aliphatic carbocycles. The molecule has 2 N–H and O–H groups in total. The van der Waals surface area contributed by atoms with Gasteiger partial charge in [-0.15, -0.1) is 0 Å². The first kappa shape index (κ1) is 29.4. The number of amides is 3. The average molecular weight is 561 g/mol. The number of para-hydroxylation sites is 1. The Morgan fingerprint density at radius 3 is 2.44 bits per heavy atom. The number of carbonyl (C=O) groups excluding carboxylic acids is 3. The highest BCUT2D eigenvalue weighted by Crippen LogP contribution is 2.34. The number of hydrogen-bond acceptors (Lipinski definition) is 5. The smallest absolute Gasteiger partial charge is 0.303 e. The Bertz CT molecular complexity index is 1430. The molecule has 1 unspecified atom stereocenters. The van der Waals surface area contributed by atoms with E-state index < -0.39 is 41.0 Å². The number of aromatic nitrogens is 1. The number of benzene rings is 2. The molecule has 4 rings (SSSR count). The molecule has 10 heteroatoms. The van der Waals surface area contributed by atoms with Crippen molar-refractivity contribution < 1.29 is 28.7 Å². The van der Waals surface area contributed by atoms with Gasteiger partial charge in [-0.2, -0.15) is 0 Å². The minimum Gasteiger partial charge on any atom is -0.481 e. The molecule has 3 aromatic rings. The van der Waals surface area contributed by atoms with Crippen LogP contribution in [0, 0.1) is 11.2 Å². The van der Waals surface area contributed by atoms with Crippen LogP contribution in [0.3, 0.4) is 0 Å². The quantitative estimate of drug-likeness (QED) is 0.384. The van der Waals surface area contributed by atoms with Crippen molar-refractivity contribution in [3.05, 3.63) is 95.6 Å². The highest BCUT2D eigenvalue weighted by atomic mass is 19.1. The molecule has 1 aliphatic heterocycles. The summed E-state index contributed by atoms with van der Waals surface area (Å²) in [6, 6.07) is 15.2. The van der Waals surface area contributed by atoms with Crippen molar-refractivity contribution in [1.29, 1.82) is 0 Å². The van der Waals surface area contributed by atoms with Gasteiger partial charge in [0.15, 0.2) is 0 Å². The molecule has 0 saturated carbocycles. The molecule has 1 atom stereocenters. The van der Waals surface area contributed by atoms with Crippen LogP contribution in [0.1, 0.15) is 54.6 Å². The van der Waals surface area contributed by atoms with Gasteiger partial charge in [-0.05, 0) is 41.7 Å². The molecule has 3 amide bonds. The maximum Gasteiger partial charge on any atom is 0.303 e. The summed E-state index contributed by atoms with van der Waals surface area (Å²) in [5.74, 6) is -2.80. The fraction of sp³-hybridized carbons (Fsp3) is 0.323. The summed E-state index contributed by atoms with van der Waals surface area (Å²) in [6.45, 7) is 3.94. The third-order valence-corrected chi connectivity index (χ3v) is 7.15. The van der Waals surface area contributed by atoms with E-state index in [4.69, 9.17) is 0 Å². The van der Waals surface area contributed by atoms with Crippen molar-refractivity contribution in [3.8, 4) is 0 Å². The number of carboxylic acids is 1. The van der Waals surface area contributed by atoms with Gasteiger partial charge in [0.1, 0.15) is 11.9 Å². The molecule has 2 heterocycles. The van der Waals surface area contributed by atoms with Crippen LogP contribution in [0.15, 0.2) is 73.1 Å². The minimum atomic E-state index is -1.17. The van der Waals surface area contributed by atoms with Gasteiger partial charge in [-0.3, -0.25) is 24.2 Å². The first-order valence-electron chi connectivity index (χ1n) is 13.4. The lowest BCUT2D eigenvalue weighted by molar-refractivity contribution is -0.137. The highest BCUT2D eigenvalue weighted by Gasteiger charge is 2.41. The van der Waals surface area contributed by atoms with Crippen LogP contribution in [-0.4, -0.2) is 51.3 Å². The maximum absolute atomic E-state index is 14.3. The Kier molecular flexibility index (Phi) is 9.11. The summed E-state index contributed by atoms with van der Waals surface area (Å²) in [5.41, 5.74) is 1.35. The third kappa shape index (κ3) is 7.33. The Morgan fingerprint density at radius 1 is 1.05 bits per heavy atom. The lowest BCUT2D eigenvalue weighted by atomic mass is 9.86. The van der Waals surface area contributed by atoms with E-state index in [0.717, 1.165) is 0 Å². The van der Waals surface area contributed by atoms with Crippen LogP contribution in [0.25, 0.3) is 0 Å². The highest BCUT2D eigenvalue weighted by molar-refractivity contribution is 6.05. The lowest BCUT2D eigenvalue weighted by Gasteiger charge is -2.35. The Labute approximate surface area is 238 Å². The number of nitrogens with one attached hydrogen (secondary N) is 1.